The highest BCUT2D eigenvalue weighted by molar-refractivity contribution is 7.89. The summed E-state index contributed by atoms with van der Waals surface area (Å²) in [7, 11) is -1.63. The number of nitrogens with one attached hydrogen (secondary N) is 1. The lowest BCUT2D eigenvalue weighted by Gasteiger charge is -2.21. The standard InChI is InChI=1S/C14H23ClN2O2S/c1-4-8-17(9-5-2)20(18,19)13-7-6-12(11-16-3)14(15)10-13/h6-7,10,16H,4-5,8-9,11H2,1-3H3. The number of halogens is 1. The second kappa shape index (κ2) is 7.98. The zero-order valence-corrected chi connectivity index (χ0v) is 13.9. The smallest absolute Gasteiger partial charge is 0.243 e. The first kappa shape index (κ1) is 17.4. The van der Waals surface area contributed by atoms with Crippen LogP contribution >= 0.6 is 11.6 Å². The summed E-state index contributed by atoms with van der Waals surface area (Å²) in [6.07, 6.45) is 1.59. The van der Waals surface area contributed by atoms with Gasteiger partial charge >= 0.3 is 0 Å². The number of rotatable bonds is 8. The van der Waals surface area contributed by atoms with E-state index in [1.54, 1.807) is 18.2 Å². The fourth-order valence-corrected chi connectivity index (χ4v) is 3.99. The summed E-state index contributed by atoms with van der Waals surface area (Å²) in [5.41, 5.74) is 0.894. The van der Waals surface area contributed by atoms with Gasteiger partial charge < -0.3 is 5.32 Å². The van der Waals surface area contributed by atoms with Gasteiger partial charge in [-0.2, -0.15) is 4.31 Å². The minimum absolute atomic E-state index is 0.268. The van der Waals surface area contributed by atoms with Crippen LogP contribution in [0, 0.1) is 0 Å². The lowest BCUT2D eigenvalue weighted by atomic mass is 10.2. The monoisotopic (exact) mass is 318 g/mol. The summed E-state index contributed by atoms with van der Waals surface area (Å²) < 4.78 is 26.7. The molecule has 1 aromatic carbocycles. The van der Waals surface area contributed by atoms with E-state index >= 15 is 0 Å². The van der Waals surface area contributed by atoms with Crippen molar-refractivity contribution in [2.45, 2.75) is 38.1 Å². The molecule has 0 amide bonds. The fourth-order valence-electron chi connectivity index (χ4n) is 2.02. The van der Waals surface area contributed by atoms with Crippen LogP contribution in [0.15, 0.2) is 23.1 Å². The summed E-state index contributed by atoms with van der Waals surface area (Å²) in [5.74, 6) is 0. The van der Waals surface area contributed by atoms with Gasteiger partial charge in [-0.05, 0) is 37.6 Å². The molecule has 0 radical (unpaired) electrons. The maximum Gasteiger partial charge on any atom is 0.243 e. The molecule has 0 saturated heterocycles. The Balaban J connectivity index is 3.10. The van der Waals surface area contributed by atoms with Gasteiger partial charge in [0.05, 0.1) is 4.90 Å². The normalized spacial score (nSPS) is 12.1. The molecule has 0 heterocycles. The van der Waals surface area contributed by atoms with Gasteiger partial charge in [0.25, 0.3) is 0 Å². The molecule has 0 aliphatic rings. The van der Waals surface area contributed by atoms with Crippen LogP contribution in [0.1, 0.15) is 32.3 Å². The molecular formula is C14H23ClN2O2S. The number of nitrogens with zero attached hydrogens (tertiary/aromatic N) is 1. The Morgan fingerprint density at radius 1 is 1.20 bits per heavy atom. The van der Waals surface area contributed by atoms with Crippen molar-refractivity contribution < 1.29 is 8.42 Å². The maximum atomic E-state index is 12.6. The summed E-state index contributed by atoms with van der Waals surface area (Å²) in [4.78, 5) is 0.268. The van der Waals surface area contributed by atoms with Crippen LogP contribution in [0.3, 0.4) is 0 Å². The molecule has 0 atom stereocenters. The number of hydrogen-bond acceptors (Lipinski definition) is 3. The molecule has 0 unspecified atom stereocenters. The first-order valence-corrected chi connectivity index (χ1v) is 8.72. The van der Waals surface area contributed by atoms with E-state index < -0.39 is 10.0 Å². The van der Waals surface area contributed by atoms with E-state index in [-0.39, 0.29) is 4.90 Å². The van der Waals surface area contributed by atoms with E-state index in [0.29, 0.717) is 24.7 Å². The highest BCUT2D eigenvalue weighted by Gasteiger charge is 2.23. The predicted octanol–water partition coefficient (Wildman–Crippen LogP) is 2.87. The van der Waals surface area contributed by atoms with Crippen molar-refractivity contribution in [2.75, 3.05) is 20.1 Å². The largest absolute Gasteiger partial charge is 0.316 e. The van der Waals surface area contributed by atoms with Crippen molar-refractivity contribution in [3.05, 3.63) is 28.8 Å². The van der Waals surface area contributed by atoms with Gasteiger partial charge in [0.15, 0.2) is 0 Å². The lowest BCUT2D eigenvalue weighted by Crippen LogP contribution is -2.32. The third kappa shape index (κ3) is 4.19. The molecule has 20 heavy (non-hydrogen) atoms. The Labute approximate surface area is 127 Å². The highest BCUT2D eigenvalue weighted by Crippen LogP contribution is 2.23. The predicted molar refractivity (Wildman–Crippen MR) is 83.6 cm³/mol. The summed E-state index contributed by atoms with van der Waals surface area (Å²) in [6, 6.07) is 4.94. The van der Waals surface area contributed by atoms with Crippen molar-refractivity contribution in [3.8, 4) is 0 Å². The van der Waals surface area contributed by atoms with Crippen molar-refractivity contribution >= 4 is 21.6 Å². The molecule has 0 aliphatic carbocycles. The van der Waals surface area contributed by atoms with Crippen LogP contribution in [0.5, 0.6) is 0 Å². The van der Waals surface area contributed by atoms with Gasteiger partial charge in [-0.3, -0.25) is 0 Å². The molecular weight excluding hydrogens is 296 g/mol. The summed E-state index contributed by atoms with van der Waals surface area (Å²) >= 11 is 6.15. The van der Waals surface area contributed by atoms with Crippen molar-refractivity contribution in [3.63, 3.8) is 0 Å². The molecule has 6 heteroatoms. The third-order valence-corrected chi connectivity index (χ3v) is 5.22. The van der Waals surface area contributed by atoms with Gasteiger partial charge in [-0.25, -0.2) is 8.42 Å². The van der Waals surface area contributed by atoms with Crippen LogP contribution in [0.25, 0.3) is 0 Å². The summed E-state index contributed by atoms with van der Waals surface area (Å²) in [6.45, 7) is 5.63. The Morgan fingerprint density at radius 3 is 2.25 bits per heavy atom. The van der Waals surface area contributed by atoms with E-state index in [1.165, 1.54) is 4.31 Å². The minimum atomic E-state index is -3.45. The number of sulfonamides is 1. The van der Waals surface area contributed by atoms with E-state index in [0.717, 1.165) is 18.4 Å². The Morgan fingerprint density at radius 2 is 1.80 bits per heavy atom. The molecule has 1 rings (SSSR count). The molecule has 0 saturated carbocycles. The third-order valence-electron chi connectivity index (χ3n) is 2.98. The van der Waals surface area contributed by atoms with Crippen molar-refractivity contribution in [1.29, 1.82) is 0 Å². The molecule has 1 N–H and O–H groups in total. The van der Waals surface area contributed by atoms with Gasteiger partial charge in [0.2, 0.25) is 10.0 Å². The average molecular weight is 319 g/mol. The van der Waals surface area contributed by atoms with Crippen molar-refractivity contribution in [2.24, 2.45) is 0 Å². The molecule has 1 aromatic rings. The van der Waals surface area contributed by atoms with Gasteiger partial charge in [-0.1, -0.05) is 31.5 Å². The first-order valence-electron chi connectivity index (χ1n) is 6.90. The average Bonchev–Trinajstić information content (AvgIpc) is 2.41. The zero-order chi connectivity index (χ0) is 15.2. The Bertz CT molecular complexity index is 526. The molecule has 0 bridgehead atoms. The van der Waals surface area contributed by atoms with Gasteiger partial charge in [-0.15, -0.1) is 0 Å². The van der Waals surface area contributed by atoms with Crippen LogP contribution < -0.4 is 5.32 Å². The second-order valence-electron chi connectivity index (χ2n) is 4.69. The molecule has 0 spiro atoms. The highest BCUT2D eigenvalue weighted by atomic mass is 35.5. The minimum Gasteiger partial charge on any atom is -0.316 e. The quantitative estimate of drug-likeness (QED) is 0.802. The van der Waals surface area contributed by atoms with Crippen LogP contribution in [0.4, 0.5) is 0 Å². The summed E-state index contributed by atoms with van der Waals surface area (Å²) in [5, 5.41) is 3.48. The molecule has 0 aromatic heterocycles. The molecule has 4 nitrogen and oxygen atoms in total. The second-order valence-corrected chi connectivity index (χ2v) is 7.03. The van der Waals surface area contributed by atoms with E-state index in [9.17, 15) is 8.42 Å². The van der Waals surface area contributed by atoms with Crippen molar-refractivity contribution in [1.82, 2.24) is 9.62 Å². The molecule has 0 aliphatic heterocycles. The van der Waals surface area contributed by atoms with Crippen LogP contribution in [-0.4, -0.2) is 32.9 Å². The molecule has 114 valence electrons. The van der Waals surface area contributed by atoms with E-state index in [1.807, 2.05) is 20.9 Å². The Kier molecular flexibility index (Phi) is 6.95. The number of hydrogen-bond donors (Lipinski definition) is 1. The van der Waals surface area contributed by atoms with Crippen LogP contribution in [-0.2, 0) is 16.6 Å². The topological polar surface area (TPSA) is 49.4 Å². The fraction of sp³-hybridized carbons (Fsp3) is 0.571. The maximum absolute atomic E-state index is 12.6. The van der Waals surface area contributed by atoms with E-state index in [4.69, 9.17) is 11.6 Å². The number of benzene rings is 1. The van der Waals surface area contributed by atoms with Crippen LogP contribution in [0.2, 0.25) is 5.02 Å². The Hall–Kier alpha value is -0.620. The lowest BCUT2D eigenvalue weighted by molar-refractivity contribution is 0.410. The SMILES string of the molecule is CCCN(CCC)S(=O)(=O)c1ccc(CNC)c(Cl)c1. The van der Waals surface area contributed by atoms with Gasteiger partial charge in [0.1, 0.15) is 0 Å². The first-order chi connectivity index (χ1) is 9.47. The molecule has 0 fully saturated rings. The zero-order valence-electron chi connectivity index (χ0n) is 12.3. The van der Waals surface area contributed by atoms with E-state index in [2.05, 4.69) is 5.32 Å². The van der Waals surface area contributed by atoms with Gasteiger partial charge in [0, 0.05) is 24.7 Å².